The molecule has 0 aliphatic carbocycles. The number of halogens is 2. The normalized spacial score (nSPS) is 10.5. The highest BCUT2D eigenvalue weighted by Crippen LogP contribution is 2.30. The second-order valence-electron chi connectivity index (χ2n) is 2.89. The molecule has 1 heterocycles. The van der Waals surface area contributed by atoms with Crippen molar-refractivity contribution in [3.05, 3.63) is 23.0 Å². The molecule has 0 spiro atoms. The highest BCUT2D eigenvalue weighted by atomic mass is 19.3. The molecule has 0 aliphatic heterocycles. The van der Waals surface area contributed by atoms with E-state index in [1.165, 1.54) is 20.1 Å². The van der Waals surface area contributed by atoms with Gasteiger partial charge in [-0.05, 0) is 13.0 Å². The summed E-state index contributed by atoms with van der Waals surface area (Å²) < 4.78 is 29.8. The summed E-state index contributed by atoms with van der Waals surface area (Å²) in [5, 5.41) is 0. The summed E-state index contributed by atoms with van der Waals surface area (Å²) in [5.41, 5.74) is 4.68. The molecule has 82 valence electrons. The molecular formula is C9H10F2N2O2. The molecule has 1 rings (SSSR count). The second-order valence-corrected chi connectivity index (χ2v) is 2.89. The van der Waals surface area contributed by atoms with Crippen LogP contribution in [0.4, 0.5) is 8.78 Å². The standard InChI is InChI=1S/C9H10F2N2O2/c1-4-3-5(9(12)14)7(15-2)6(13-4)8(10)11/h3,8H,1-2H3,(H2,12,14). The molecule has 0 radical (unpaired) electrons. The van der Waals surface area contributed by atoms with E-state index in [0.717, 1.165) is 0 Å². The van der Waals surface area contributed by atoms with Crippen LogP contribution in [0.3, 0.4) is 0 Å². The third-order valence-corrected chi connectivity index (χ3v) is 1.80. The fourth-order valence-electron chi connectivity index (χ4n) is 1.23. The second kappa shape index (κ2) is 4.20. The molecule has 15 heavy (non-hydrogen) atoms. The first-order chi connectivity index (χ1) is 6.97. The number of hydrogen-bond donors (Lipinski definition) is 1. The van der Waals surface area contributed by atoms with Crippen LogP contribution >= 0.6 is 0 Å². The first kappa shape index (κ1) is 11.4. The Morgan fingerprint density at radius 3 is 2.60 bits per heavy atom. The van der Waals surface area contributed by atoms with E-state index in [-0.39, 0.29) is 11.3 Å². The van der Waals surface area contributed by atoms with Crippen LogP contribution in [0.2, 0.25) is 0 Å². The van der Waals surface area contributed by atoms with E-state index < -0.39 is 18.0 Å². The van der Waals surface area contributed by atoms with E-state index >= 15 is 0 Å². The SMILES string of the molecule is COc1c(C(N)=O)cc(C)nc1C(F)F. The van der Waals surface area contributed by atoms with E-state index in [1.807, 2.05) is 0 Å². The van der Waals surface area contributed by atoms with Gasteiger partial charge in [0, 0.05) is 5.69 Å². The Morgan fingerprint density at radius 2 is 2.20 bits per heavy atom. The summed E-state index contributed by atoms with van der Waals surface area (Å²) in [4.78, 5) is 14.6. The van der Waals surface area contributed by atoms with Gasteiger partial charge in [0.25, 0.3) is 12.3 Å². The van der Waals surface area contributed by atoms with Crippen LogP contribution in [0.5, 0.6) is 5.75 Å². The minimum atomic E-state index is -2.81. The monoisotopic (exact) mass is 216 g/mol. The predicted octanol–water partition coefficient (Wildman–Crippen LogP) is 1.44. The lowest BCUT2D eigenvalue weighted by atomic mass is 10.1. The van der Waals surface area contributed by atoms with Gasteiger partial charge in [0.05, 0.1) is 12.7 Å². The molecule has 1 amide bonds. The maximum atomic E-state index is 12.5. The third kappa shape index (κ3) is 2.20. The number of hydrogen-bond acceptors (Lipinski definition) is 3. The zero-order valence-electron chi connectivity index (χ0n) is 8.25. The number of carbonyl (C=O) groups is 1. The van der Waals surface area contributed by atoms with Crippen LogP contribution in [-0.4, -0.2) is 18.0 Å². The minimum absolute atomic E-state index is 0.0831. The Hall–Kier alpha value is -1.72. The summed E-state index contributed by atoms with van der Waals surface area (Å²) in [5.74, 6) is -1.08. The van der Waals surface area contributed by atoms with Crippen LogP contribution in [-0.2, 0) is 0 Å². The van der Waals surface area contributed by atoms with Crippen molar-refractivity contribution >= 4 is 5.91 Å². The number of methoxy groups -OCH3 is 1. The first-order valence-corrected chi connectivity index (χ1v) is 4.10. The lowest BCUT2D eigenvalue weighted by Crippen LogP contribution is -2.15. The fourth-order valence-corrected chi connectivity index (χ4v) is 1.23. The zero-order valence-corrected chi connectivity index (χ0v) is 8.25. The van der Waals surface area contributed by atoms with Crippen molar-refractivity contribution in [3.8, 4) is 5.75 Å². The number of primary amides is 1. The average molecular weight is 216 g/mol. The Balaban J connectivity index is 3.45. The first-order valence-electron chi connectivity index (χ1n) is 4.10. The van der Waals surface area contributed by atoms with Gasteiger partial charge in [0.15, 0.2) is 5.75 Å². The quantitative estimate of drug-likeness (QED) is 0.831. The molecule has 1 aromatic heterocycles. The fraction of sp³-hybridized carbons (Fsp3) is 0.333. The lowest BCUT2D eigenvalue weighted by Gasteiger charge is -2.11. The van der Waals surface area contributed by atoms with Crippen molar-refractivity contribution < 1.29 is 18.3 Å². The molecule has 4 nitrogen and oxygen atoms in total. The van der Waals surface area contributed by atoms with Gasteiger partial charge in [-0.2, -0.15) is 0 Å². The number of carbonyl (C=O) groups excluding carboxylic acids is 1. The number of ether oxygens (including phenoxy) is 1. The maximum absolute atomic E-state index is 12.5. The molecule has 0 aromatic carbocycles. The molecule has 0 saturated carbocycles. The van der Waals surface area contributed by atoms with E-state index in [2.05, 4.69) is 4.98 Å². The van der Waals surface area contributed by atoms with Gasteiger partial charge in [-0.1, -0.05) is 0 Å². The minimum Gasteiger partial charge on any atom is -0.494 e. The maximum Gasteiger partial charge on any atom is 0.284 e. The number of nitrogens with two attached hydrogens (primary N) is 1. The smallest absolute Gasteiger partial charge is 0.284 e. The summed E-state index contributed by atoms with van der Waals surface area (Å²) in [6.45, 7) is 1.50. The lowest BCUT2D eigenvalue weighted by molar-refractivity contribution is 0.0995. The van der Waals surface area contributed by atoms with Crippen LogP contribution in [0, 0.1) is 6.92 Å². The van der Waals surface area contributed by atoms with Gasteiger partial charge < -0.3 is 10.5 Å². The van der Waals surface area contributed by atoms with Gasteiger partial charge in [-0.3, -0.25) is 4.79 Å². The topological polar surface area (TPSA) is 65.2 Å². The summed E-state index contributed by atoms with van der Waals surface area (Å²) in [7, 11) is 1.19. The molecule has 0 bridgehead atoms. The number of amides is 1. The van der Waals surface area contributed by atoms with Crippen LogP contribution in [0.15, 0.2) is 6.07 Å². The molecule has 2 N–H and O–H groups in total. The number of rotatable bonds is 3. The molecule has 0 saturated heterocycles. The largest absolute Gasteiger partial charge is 0.494 e. The highest BCUT2D eigenvalue weighted by Gasteiger charge is 2.22. The molecule has 0 unspecified atom stereocenters. The van der Waals surface area contributed by atoms with Crippen molar-refractivity contribution in [2.45, 2.75) is 13.3 Å². The third-order valence-electron chi connectivity index (χ3n) is 1.80. The summed E-state index contributed by atoms with van der Waals surface area (Å²) >= 11 is 0. The molecular weight excluding hydrogens is 206 g/mol. The van der Waals surface area contributed by atoms with Crippen LogP contribution < -0.4 is 10.5 Å². The van der Waals surface area contributed by atoms with Gasteiger partial charge in [-0.25, -0.2) is 13.8 Å². The number of nitrogens with zero attached hydrogens (tertiary/aromatic N) is 1. The van der Waals surface area contributed by atoms with Crippen LogP contribution in [0.1, 0.15) is 28.2 Å². The Kier molecular flexibility index (Phi) is 3.18. The van der Waals surface area contributed by atoms with E-state index in [1.54, 1.807) is 0 Å². The van der Waals surface area contributed by atoms with Gasteiger partial charge in [-0.15, -0.1) is 0 Å². The van der Waals surface area contributed by atoms with E-state index in [4.69, 9.17) is 10.5 Å². The van der Waals surface area contributed by atoms with Crippen molar-refractivity contribution in [3.63, 3.8) is 0 Å². The number of aryl methyl sites for hydroxylation is 1. The molecule has 0 atom stereocenters. The Labute approximate surface area is 85.1 Å². The number of alkyl halides is 2. The van der Waals surface area contributed by atoms with Crippen molar-refractivity contribution in [1.29, 1.82) is 0 Å². The average Bonchev–Trinajstić information content (AvgIpc) is 2.16. The molecule has 6 heteroatoms. The van der Waals surface area contributed by atoms with Crippen LogP contribution in [0.25, 0.3) is 0 Å². The van der Waals surface area contributed by atoms with E-state index in [0.29, 0.717) is 5.69 Å². The number of aromatic nitrogens is 1. The summed E-state index contributed by atoms with van der Waals surface area (Å²) in [6, 6.07) is 1.31. The number of pyridine rings is 1. The highest BCUT2D eigenvalue weighted by molar-refractivity contribution is 5.96. The molecule has 1 aromatic rings. The Bertz CT molecular complexity index is 394. The van der Waals surface area contributed by atoms with Gasteiger partial charge >= 0.3 is 0 Å². The van der Waals surface area contributed by atoms with Gasteiger partial charge in [0.2, 0.25) is 0 Å². The Morgan fingerprint density at radius 1 is 1.60 bits per heavy atom. The summed E-state index contributed by atoms with van der Waals surface area (Å²) in [6.07, 6.45) is -2.81. The predicted molar refractivity (Wildman–Crippen MR) is 49.0 cm³/mol. The molecule has 0 aliphatic rings. The van der Waals surface area contributed by atoms with Crippen molar-refractivity contribution in [2.75, 3.05) is 7.11 Å². The molecule has 0 fully saturated rings. The van der Waals surface area contributed by atoms with E-state index in [9.17, 15) is 13.6 Å². The van der Waals surface area contributed by atoms with Gasteiger partial charge in [0.1, 0.15) is 5.69 Å². The van der Waals surface area contributed by atoms with Crippen molar-refractivity contribution in [2.24, 2.45) is 5.73 Å². The zero-order chi connectivity index (χ0) is 11.6. The van der Waals surface area contributed by atoms with Crippen molar-refractivity contribution in [1.82, 2.24) is 4.98 Å².